The number of nitrogens with zero attached hydrogens (tertiary/aromatic N) is 5. The molecule has 3 N–H and O–H groups in total. The third-order valence-corrected chi connectivity index (χ3v) is 2.43. The van der Waals surface area contributed by atoms with Crippen LogP contribution in [0.15, 0.2) is 24.3 Å². The highest BCUT2D eigenvalue weighted by atomic mass is 16.4. The van der Waals surface area contributed by atoms with E-state index in [4.69, 9.17) is 5.11 Å². The predicted octanol–water partition coefficient (Wildman–Crippen LogP) is 0.0388. The number of nitrogens with one attached hydrogen (secondary N) is 1. The molecule has 110 valence electrons. The van der Waals surface area contributed by atoms with E-state index in [0.717, 1.165) is 9.70 Å². The molecule has 0 atom stereocenters. The van der Waals surface area contributed by atoms with Crippen LogP contribution in [0.4, 0.5) is 16.4 Å². The van der Waals surface area contributed by atoms with Crippen molar-refractivity contribution < 1.29 is 19.8 Å². The topological polar surface area (TPSA) is 133 Å². The molecule has 2 rings (SSSR count). The number of rotatable bonds is 4. The number of carboxylic acids is 1. The molecule has 1 aromatic carbocycles. The minimum atomic E-state index is -1.19. The number of hydrogen-bond acceptors (Lipinski definition) is 6. The first-order valence-electron chi connectivity index (χ1n) is 5.79. The molecule has 2 amide bonds. The van der Waals surface area contributed by atoms with Gasteiger partial charge >= 0.3 is 12.0 Å². The van der Waals surface area contributed by atoms with Crippen LogP contribution < -0.4 is 10.2 Å². The molecule has 21 heavy (non-hydrogen) atoms. The Labute approximate surface area is 118 Å². The van der Waals surface area contributed by atoms with Gasteiger partial charge in [-0.2, -0.15) is 4.80 Å². The first-order valence-corrected chi connectivity index (χ1v) is 5.79. The molecular weight excluding hydrogens is 280 g/mol. The highest BCUT2D eigenvalue weighted by molar-refractivity contribution is 6.03. The number of phenolic OH excluding ortho intramolecular Hbond substituents is 1. The summed E-state index contributed by atoms with van der Waals surface area (Å²) in [5.41, 5.74) is 0.302. The van der Waals surface area contributed by atoms with Gasteiger partial charge in [-0.3, -0.25) is 15.0 Å². The monoisotopic (exact) mass is 292 g/mol. The lowest BCUT2D eigenvalue weighted by molar-refractivity contribution is -0.135. The van der Waals surface area contributed by atoms with Gasteiger partial charge in [0, 0.05) is 5.69 Å². The van der Waals surface area contributed by atoms with E-state index in [1.807, 2.05) is 0 Å². The van der Waals surface area contributed by atoms with Crippen molar-refractivity contribution in [2.45, 2.75) is 0 Å². The van der Waals surface area contributed by atoms with Crippen molar-refractivity contribution in [2.75, 3.05) is 16.8 Å². The minimum Gasteiger partial charge on any atom is -0.508 e. The number of hydrogen-bond donors (Lipinski definition) is 3. The van der Waals surface area contributed by atoms with Gasteiger partial charge in [0.2, 0.25) is 0 Å². The van der Waals surface area contributed by atoms with E-state index >= 15 is 0 Å². The molecular formula is C11H12N6O4. The van der Waals surface area contributed by atoms with Crippen molar-refractivity contribution in [1.82, 2.24) is 20.2 Å². The molecule has 2 aromatic rings. The summed E-state index contributed by atoms with van der Waals surface area (Å²) in [7, 11) is 1.53. The van der Waals surface area contributed by atoms with Gasteiger partial charge in [-0.05, 0) is 29.5 Å². The van der Waals surface area contributed by atoms with Crippen molar-refractivity contribution >= 4 is 23.6 Å². The summed E-state index contributed by atoms with van der Waals surface area (Å²) in [6.07, 6.45) is 0. The Morgan fingerprint density at radius 3 is 2.52 bits per heavy atom. The predicted molar refractivity (Wildman–Crippen MR) is 70.9 cm³/mol. The number of carbonyl (C=O) groups excluding carboxylic acids is 1. The number of aromatic nitrogens is 4. The zero-order valence-electron chi connectivity index (χ0n) is 11.0. The third-order valence-electron chi connectivity index (χ3n) is 2.43. The van der Waals surface area contributed by atoms with Crippen LogP contribution in [0.1, 0.15) is 0 Å². The van der Waals surface area contributed by atoms with E-state index in [9.17, 15) is 14.7 Å². The molecule has 0 saturated heterocycles. The molecule has 0 radical (unpaired) electrons. The molecule has 0 saturated carbocycles. The second-order valence-corrected chi connectivity index (χ2v) is 4.03. The molecule has 1 heterocycles. The Hall–Kier alpha value is -3.17. The Morgan fingerprint density at radius 1 is 1.33 bits per heavy atom. The molecule has 0 aliphatic carbocycles. The number of anilines is 2. The number of phenols is 1. The Morgan fingerprint density at radius 2 is 2.00 bits per heavy atom. The van der Waals surface area contributed by atoms with Crippen molar-refractivity contribution in [2.24, 2.45) is 7.05 Å². The first-order chi connectivity index (χ1) is 9.95. The van der Waals surface area contributed by atoms with Crippen LogP contribution >= 0.6 is 0 Å². The van der Waals surface area contributed by atoms with Gasteiger partial charge in [0.15, 0.2) is 0 Å². The minimum absolute atomic E-state index is 0.00465. The SMILES string of the molecule is Cn1nnc(NC(=O)N(CC(=O)O)c2ccc(O)cc2)n1. The van der Waals surface area contributed by atoms with Crippen molar-refractivity contribution in [3.8, 4) is 5.75 Å². The zero-order valence-corrected chi connectivity index (χ0v) is 11.0. The van der Waals surface area contributed by atoms with Gasteiger partial charge in [0.05, 0.1) is 7.05 Å². The van der Waals surface area contributed by atoms with Crippen molar-refractivity contribution in [3.63, 3.8) is 0 Å². The molecule has 1 aromatic heterocycles. The smallest absolute Gasteiger partial charge is 0.329 e. The molecule has 0 aliphatic heterocycles. The van der Waals surface area contributed by atoms with Crippen molar-refractivity contribution in [1.29, 1.82) is 0 Å². The molecule has 0 bridgehead atoms. The summed E-state index contributed by atoms with van der Waals surface area (Å²) in [6, 6.07) is 4.80. The van der Waals surface area contributed by atoms with Crippen LogP contribution in [-0.4, -0.2) is 49.0 Å². The summed E-state index contributed by atoms with van der Waals surface area (Å²) in [5, 5.41) is 31.4. The van der Waals surface area contributed by atoms with Gasteiger partial charge in [0.25, 0.3) is 5.95 Å². The van der Waals surface area contributed by atoms with Crippen LogP contribution in [0.5, 0.6) is 5.75 Å². The van der Waals surface area contributed by atoms with Crippen LogP contribution in [0.3, 0.4) is 0 Å². The molecule has 0 aliphatic rings. The zero-order chi connectivity index (χ0) is 15.4. The normalized spacial score (nSPS) is 10.1. The Balaban J connectivity index is 2.20. The lowest BCUT2D eigenvalue weighted by Crippen LogP contribution is -2.39. The first kappa shape index (κ1) is 14.2. The Kier molecular flexibility index (Phi) is 3.97. The highest BCUT2D eigenvalue weighted by Crippen LogP contribution is 2.19. The lowest BCUT2D eigenvalue weighted by Gasteiger charge is -2.20. The quantitative estimate of drug-likeness (QED) is 0.724. The largest absolute Gasteiger partial charge is 0.508 e. The number of amides is 2. The lowest BCUT2D eigenvalue weighted by atomic mass is 10.3. The summed E-state index contributed by atoms with van der Waals surface area (Å²) < 4.78 is 0. The molecule has 10 nitrogen and oxygen atoms in total. The van der Waals surface area contributed by atoms with Gasteiger partial charge in [-0.25, -0.2) is 4.79 Å². The van der Waals surface area contributed by atoms with Crippen LogP contribution in [0.25, 0.3) is 0 Å². The summed E-state index contributed by atoms with van der Waals surface area (Å²) in [5.74, 6) is -1.23. The van der Waals surface area contributed by atoms with Crippen LogP contribution in [-0.2, 0) is 11.8 Å². The third kappa shape index (κ3) is 3.65. The van der Waals surface area contributed by atoms with E-state index in [1.165, 1.54) is 31.3 Å². The molecule has 0 unspecified atom stereocenters. The number of tetrazole rings is 1. The van der Waals surface area contributed by atoms with Gasteiger partial charge in [0.1, 0.15) is 12.3 Å². The number of carbonyl (C=O) groups is 2. The standard InChI is InChI=1S/C11H12N6O4/c1-16-14-10(13-15-16)12-11(21)17(6-9(19)20)7-2-4-8(18)5-3-7/h2-5,18H,6H2,1H3,(H,19,20)(H,12,14,21). The maximum Gasteiger partial charge on any atom is 0.329 e. The van der Waals surface area contributed by atoms with Crippen LogP contribution in [0.2, 0.25) is 0 Å². The molecule has 0 fully saturated rings. The number of aliphatic carboxylic acids is 1. The molecule has 0 spiro atoms. The summed E-state index contributed by atoms with van der Waals surface area (Å²) in [4.78, 5) is 25.1. The fourth-order valence-corrected chi connectivity index (χ4v) is 1.55. The fourth-order valence-electron chi connectivity index (χ4n) is 1.55. The Bertz CT molecular complexity index is 653. The number of aromatic hydroxyl groups is 1. The maximum absolute atomic E-state index is 12.1. The summed E-state index contributed by atoms with van der Waals surface area (Å²) >= 11 is 0. The second-order valence-electron chi connectivity index (χ2n) is 4.03. The van der Waals surface area contributed by atoms with E-state index in [1.54, 1.807) is 0 Å². The average molecular weight is 292 g/mol. The highest BCUT2D eigenvalue weighted by Gasteiger charge is 2.20. The van der Waals surface area contributed by atoms with Gasteiger partial charge in [-0.15, -0.1) is 5.10 Å². The maximum atomic E-state index is 12.1. The van der Waals surface area contributed by atoms with E-state index < -0.39 is 18.5 Å². The van der Waals surface area contributed by atoms with E-state index in [0.29, 0.717) is 5.69 Å². The molecule has 10 heteroatoms. The van der Waals surface area contributed by atoms with Gasteiger partial charge < -0.3 is 10.2 Å². The van der Waals surface area contributed by atoms with Crippen LogP contribution in [0, 0.1) is 0 Å². The second kappa shape index (κ2) is 5.86. The number of urea groups is 1. The van der Waals surface area contributed by atoms with Crippen molar-refractivity contribution in [3.05, 3.63) is 24.3 Å². The van der Waals surface area contributed by atoms with Gasteiger partial charge in [-0.1, -0.05) is 5.10 Å². The average Bonchev–Trinajstić information content (AvgIpc) is 2.82. The summed E-state index contributed by atoms with van der Waals surface area (Å²) in [6.45, 7) is -0.559. The number of benzene rings is 1. The van der Waals surface area contributed by atoms with E-state index in [-0.39, 0.29) is 11.7 Å². The number of carboxylic acid groups (broad SMARTS) is 1. The fraction of sp³-hybridized carbons (Fsp3) is 0.182. The number of aryl methyl sites for hydroxylation is 1. The van der Waals surface area contributed by atoms with E-state index in [2.05, 4.69) is 20.7 Å².